The predicted octanol–water partition coefficient (Wildman–Crippen LogP) is 4.05. The molecule has 1 heterocycles. The molecule has 3 unspecified atom stereocenters. The van der Waals surface area contributed by atoms with Gasteiger partial charge in [0.1, 0.15) is 24.2 Å². The molecule has 1 aromatic carbocycles. The third kappa shape index (κ3) is 4.77. The normalized spacial score (nSPS) is 23.0. The van der Waals surface area contributed by atoms with E-state index in [9.17, 15) is 0 Å². The van der Waals surface area contributed by atoms with E-state index in [1.165, 1.54) is 0 Å². The van der Waals surface area contributed by atoms with Crippen LogP contribution in [0.3, 0.4) is 0 Å². The lowest BCUT2D eigenvalue weighted by molar-refractivity contribution is -0.0642. The Labute approximate surface area is 131 Å². The van der Waals surface area contributed by atoms with Gasteiger partial charge >= 0.3 is 0 Å². The zero-order valence-electron chi connectivity index (χ0n) is 12.8. The molecule has 0 aromatic heterocycles. The highest BCUT2D eigenvalue weighted by Gasteiger charge is 2.25. The zero-order valence-corrected chi connectivity index (χ0v) is 13.6. The Morgan fingerprint density at radius 3 is 2.81 bits per heavy atom. The fourth-order valence-corrected chi connectivity index (χ4v) is 2.20. The summed E-state index contributed by atoms with van der Waals surface area (Å²) in [5, 5.41) is 0.543. The Hall–Kier alpha value is -0.970. The van der Waals surface area contributed by atoms with Crippen LogP contribution in [0.25, 0.3) is 0 Å². The van der Waals surface area contributed by atoms with Crippen molar-refractivity contribution in [2.75, 3.05) is 13.2 Å². The van der Waals surface area contributed by atoms with Gasteiger partial charge in [-0.15, -0.1) is 0 Å². The molecule has 0 amide bonds. The van der Waals surface area contributed by atoms with E-state index in [1.807, 2.05) is 26.0 Å². The Morgan fingerprint density at radius 1 is 1.38 bits per heavy atom. The summed E-state index contributed by atoms with van der Waals surface area (Å²) in [6, 6.07) is 5.48. The summed E-state index contributed by atoms with van der Waals surface area (Å²) in [7, 11) is 0. The van der Waals surface area contributed by atoms with Crippen LogP contribution in [0, 0.1) is 0 Å². The van der Waals surface area contributed by atoms with E-state index >= 15 is 0 Å². The van der Waals surface area contributed by atoms with Gasteiger partial charge in [0.05, 0.1) is 17.7 Å². The SMILES string of the molecule is CCC(C)Oc1ccc(OCC2COC(CC)O2)c(Cl)c1. The van der Waals surface area contributed by atoms with Crippen LogP contribution in [-0.4, -0.2) is 31.7 Å². The van der Waals surface area contributed by atoms with Crippen LogP contribution in [0.1, 0.15) is 33.6 Å². The number of hydrogen-bond acceptors (Lipinski definition) is 4. The van der Waals surface area contributed by atoms with Crippen LogP contribution in [0.4, 0.5) is 0 Å². The highest BCUT2D eigenvalue weighted by molar-refractivity contribution is 6.32. The largest absolute Gasteiger partial charge is 0.491 e. The molecule has 1 aliphatic rings. The minimum absolute atomic E-state index is 0.0398. The van der Waals surface area contributed by atoms with Gasteiger partial charge in [-0.3, -0.25) is 0 Å². The van der Waals surface area contributed by atoms with Crippen molar-refractivity contribution in [1.82, 2.24) is 0 Å². The first-order valence-corrected chi connectivity index (χ1v) is 7.86. The molecule has 1 aliphatic heterocycles. The lowest BCUT2D eigenvalue weighted by Crippen LogP contribution is -2.21. The second-order valence-corrected chi connectivity index (χ2v) is 5.58. The highest BCUT2D eigenvalue weighted by atomic mass is 35.5. The summed E-state index contributed by atoms with van der Waals surface area (Å²) >= 11 is 6.22. The van der Waals surface area contributed by atoms with Crippen LogP contribution < -0.4 is 9.47 Å². The van der Waals surface area contributed by atoms with Crippen LogP contribution in [0.15, 0.2) is 18.2 Å². The van der Waals surface area contributed by atoms with Crippen LogP contribution >= 0.6 is 11.6 Å². The van der Waals surface area contributed by atoms with Gasteiger partial charge in [0.2, 0.25) is 0 Å². The molecular weight excluding hydrogens is 292 g/mol. The minimum atomic E-state index is -0.111. The fourth-order valence-electron chi connectivity index (χ4n) is 1.98. The number of ether oxygens (including phenoxy) is 4. The monoisotopic (exact) mass is 314 g/mol. The molecule has 0 bridgehead atoms. The molecule has 1 saturated heterocycles. The summed E-state index contributed by atoms with van der Waals surface area (Å²) in [5.41, 5.74) is 0. The average molecular weight is 315 g/mol. The van der Waals surface area contributed by atoms with E-state index in [4.69, 9.17) is 30.5 Å². The standard InChI is InChI=1S/C16H23ClO4/c1-4-11(3)20-12-6-7-15(14(17)8-12)18-9-13-10-19-16(5-2)21-13/h6-8,11,13,16H,4-5,9-10H2,1-3H3. The van der Waals surface area contributed by atoms with Crippen LogP contribution in [0.2, 0.25) is 5.02 Å². The Kier molecular flexibility index (Phi) is 6.15. The van der Waals surface area contributed by atoms with Crippen molar-refractivity contribution in [2.45, 2.75) is 52.1 Å². The second kappa shape index (κ2) is 7.87. The van der Waals surface area contributed by atoms with E-state index < -0.39 is 0 Å². The maximum atomic E-state index is 6.22. The van der Waals surface area contributed by atoms with Gasteiger partial charge in [-0.05, 0) is 31.9 Å². The molecule has 4 nitrogen and oxygen atoms in total. The molecule has 1 fully saturated rings. The Morgan fingerprint density at radius 2 is 2.19 bits per heavy atom. The molecule has 0 aliphatic carbocycles. The van der Waals surface area contributed by atoms with Gasteiger partial charge in [-0.2, -0.15) is 0 Å². The van der Waals surface area contributed by atoms with E-state index in [0.29, 0.717) is 24.0 Å². The first-order valence-electron chi connectivity index (χ1n) is 7.48. The first-order chi connectivity index (χ1) is 10.1. The minimum Gasteiger partial charge on any atom is -0.491 e. The van der Waals surface area contributed by atoms with Crippen LogP contribution in [-0.2, 0) is 9.47 Å². The molecular formula is C16H23ClO4. The number of halogens is 1. The van der Waals surface area contributed by atoms with E-state index in [2.05, 4.69) is 6.92 Å². The smallest absolute Gasteiger partial charge is 0.158 e. The highest BCUT2D eigenvalue weighted by Crippen LogP contribution is 2.30. The molecule has 0 N–H and O–H groups in total. The third-order valence-electron chi connectivity index (χ3n) is 3.39. The van der Waals surface area contributed by atoms with Crippen LogP contribution in [0.5, 0.6) is 11.5 Å². The third-order valence-corrected chi connectivity index (χ3v) is 3.68. The Balaban J connectivity index is 1.86. The Bertz CT molecular complexity index is 452. The van der Waals surface area contributed by atoms with Crippen molar-refractivity contribution < 1.29 is 18.9 Å². The van der Waals surface area contributed by atoms with Gasteiger partial charge < -0.3 is 18.9 Å². The molecule has 0 saturated carbocycles. The first kappa shape index (κ1) is 16.4. The van der Waals surface area contributed by atoms with Gasteiger partial charge in [0, 0.05) is 6.07 Å². The van der Waals surface area contributed by atoms with Gasteiger partial charge in [0.15, 0.2) is 6.29 Å². The number of benzene rings is 1. The maximum absolute atomic E-state index is 6.22. The van der Waals surface area contributed by atoms with Crippen molar-refractivity contribution in [3.63, 3.8) is 0 Å². The van der Waals surface area contributed by atoms with E-state index in [-0.39, 0.29) is 18.5 Å². The zero-order chi connectivity index (χ0) is 15.2. The molecule has 0 radical (unpaired) electrons. The molecule has 118 valence electrons. The summed E-state index contributed by atoms with van der Waals surface area (Å²) in [5.74, 6) is 1.39. The van der Waals surface area contributed by atoms with Crippen molar-refractivity contribution in [3.05, 3.63) is 23.2 Å². The lowest BCUT2D eigenvalue weighted by atomic mass is 10.3. The molecule has 0 spiro atoms. The quantitative estimate of drug-likeness (QED) is 0.761. The average Bonchev–Trinajstić information content (AvgIpc) is 2.94. The summed E-state index contributed by atoms with van der Waals surface area (Å²) < 4.78 is 22.5. The molecule has 5 heteroatoms. The number of hydrogen-bond donors (Lipinski definition) is 0. The summed E-state index contributed by atoms with van der Waals surface area (Å²) in [6.45, 7) is 7.13. The molecule has 2 rings (SSSR count). The molecule has 3 atom stereocenters. The van der Waals surface area contributed by atoms with Gasteiger partial charge in [-0.25, -0.2) is 0 Å². The summed E-state index contributed by atoms with van der Waals surface area (Å²) in [4.78, 5) is 0. The van der Waals surface area contributed by atoms with Crippen molar-refractivity contribution in [2.24, 2.45) is 0 Å². The van der Waals surface area contributed by atoms with Crippen molar-refractivity contribution >= 4 is 11.6 Å². The van der Waals surface area contributed by atoms with Gasteiger partial charge in [0.25, 0.3) is 0 Å². The van der Waals surface area contributed by atoms with Crippen molar-refractivity contribution in [3.8, 4) is 11.5 Å². The number of rotatable bonds is 7. The predicted molar refractivity (Wildman–Crippen MR) is 82.2 cm³/mol. The molecule has 1 aromatic rings. The lowest BCUT2D eigenvalue weighted by Gasteiger charge is -2.15. The summed E-state index contributed by atoms with van der Waals surface area (Å²) in [6.07, 6.45) is 1.82. The fraction of sp³-hybridized carbons (Fsp3) is 0.625. The topological polar surface area (TPSA) is 36.9 Å². The van der Waals surface area contributed by atoms with E-state index in [0.717, 1.165) is 18.6 Å². The van der Waals surface area contributed by atoms with E-state index in [1.54, 1.807) is 6.07 Å². The van der Waals surface area contributed by atoms with Crippen molar-refractivity contribution in [1.29, 1.82) is 0 Å². The van der Waals surface area contributed by atoms with Gasteiger partial charge in [-0.1, -0.05) is 25.4 Å². The maximum Gasteiger partial charge on any atom is 0.158 e. The molecule has 21 heavy (non-hydrogen) atoms. The second-order valence-electron chi connectivity index (χ2n) is 5.17.